The van der Waals surface area contributed by atoms with Crippen molar-refractivity contribution < 1.29 is 9.59 Å². The zero-order valence-corrected chi connectivity index (χ0v) is 18.2. The fourth-order valence-corrected chi connectivity index (χ4v) is 3.36. The quantitative estimate of drug-likeness (QED) is 0.253. The molecule has 0 unspecified atom stereocenters. The fourth-order valence-electron chi connectivity index (χ4n) is 3.24. The Kier molecular flexibility index (Phi) is 6.85. The number of halogens is 1. The summed E-state index contributed by atoms with van der Waals surface area (Å²) >= 11 is 5.38. The zero-order chi connectivity index (χ0) is 23.3. The van der Waals surface area contributed by atoms with Gasteiger partial charge in [-0.1, -0.05) is 60.7 Å². The summed E-state index contributed by atoms with van der Waals surface area (Å²) < 4.78 is 0. The van der Waals surface area contributed by atoms with Crippen molar-refractivity contribution in [3.63, 3.8) is 0 Å². The molecule has 4 aromatic carbocycles. The molecule has 0 radical (unpaired) electrons. The molecule has 156 valence electrons. The van der Waals surface area contributed by atoms with Crippen molar-refractivity contribution in [3.05, 3.63) is 107 Å². The third-order valence-electron chi connectivity index (χ3n) is 4.84. The number of amides is 1. The summed E-state index contributed by atoms with van der Waals surface area (Å²) in [6.07, 6.45) is 0. The molecule has 0 fully saturated rings. The van der Waals surface area contributed by atoms with Gasteiger partial charge in [-0.05, 0) is 45.3 Å². The second-order valence-electron chi connectivity index (χ2n) is 7.12. The number of hydrogen-bond acceptors (Lipinski definition) is 2. The van der Waals surface area contributed by atoms with Crippen LogP contribution in [0.4, 0.5) is 11.4 Å². The van der Waals surface area contributed by atoms with Gasteiger partial charge in [-0.15, -0.1) is 0 Å². The zero-order valence-electron chi connectivity index (χ0n) is 17.5. The first-order chi connectivity index (χ1) is 15.3. The maximum absolute atomic E-state index is 11.8. The Balaban J connectivity index is 0.000000182. The van der Waals surface area contributed by atoms with Gasteiger partial charge in [0.1, 0.15) is 0 Å². The number of carbonyl (C=O) groups is 2. The molecule has 32 heavy (non-hydrogen) atoms. The second kappa shape index (κ2) is 9.75. The van der Waals surface area contributed by atoms with Gasteiger partial charge in [-0.3, -0.25) is 9.59 Å². The van der Waals surface area contributed by atoms with Crippen molar-refractivity contribution in [2.75, 3.05) is 14.1 Å². The standard InChI is InChI=1S/C14H12N2O.C12H6ClNO/c1-15-13-6-4-5-10-9-11(7-8-12(10)13)14(17)16(2)3;1-14-11-4-2-3-8-7-9(12(13)15)5-6-10(8)11/h4-9H,2-3H3;2-7H. The average molecular weight is 440 g/mol. The Morgan fingerprint density at radius 3 is 1.66 bits per heavy atom. The number of fused-ring (bicyclic) bond motifs is 2. The highest BCUT2D eigenvalue weighted by Crippen LogP contribution is 2.28. The molecule has 0 aliphatic heterocycles. The summed E-state index contributed by atoms with van der Waals surface area (Å²) in [6, 6.07) is 21.4. The lowest BCUT2D eigenvalue weighted by Crippen LogP contribution is -2.21. The van der Waals surface area contributed by atoms with Gasteiger partial charge in [0.2, 0.25) is 0 Å². The van der Waals surface area contributed by atoms with Gasteiger partial charge in [0.15, 0.2) is 11.4 Å². The van der Waals surface area contributed by atoms with E-state index in [1.807, 2.05) is 30.3 Å². The maximum atomic E-state index is 11.8. The Bertz CT molecular complexity index is 1430. The predicted molar refractivity (Wildman–Crippen MR) is 129 cm³/mol. The van der Waals surface area contributed by atoms with Gasteiger partial charge in [-0.2, -0.15) is 0 Å². The van der Waals surface area contributed by atoms with E-state index < -0.39 is 5.24 Å². The molecule has 0 aliphatic rings. The summed E-state index contributed by atoms with van der Waals surface area (Å²) in [5.41, 5.74) is 2.29. The molecule has 0 atom stereocenters. The molecule has 4 rings (SSSR count). The van der Waals surface area contributed by atoms with Gasteiger partial charge >= 0.3 is 0 Å². The number of benzene rings is 4. The van der Waals surface area contributed by atoms with Crippen LogP contribution in [0.2, 0.25) is 0 Å². The van der Waals surface area contributed by atoms with Crippen molar-refractivity contribution in [3.8, 4) is 0 Å². The van der Waals surface area contributed by atoms with Crippen LogP contribution in [0.3, 0.4) is 0 Å². The van der Waals surface area contributed by atoms with E-state index in [1.165, 1.54) is 0 Å². The van der Waals surface area contributed by atoms with Crippen LogP contribution in [0.25, 0.3) is 31.2 Å². The first-order valence-corrected chi connectivity index (χ1v) is 9.95. The van der Waals surface area contributed by atoms with Gasteiger partial charge < -0.3 is 4.90 Å². The topological polar surface area (TPSA) is 46.1 Å². The normalized spacial score (nSPS) is 9.91. The minimum Gasteiger partial charge on any atom is -0.345 e. The molecule has 0 aromatic heterocycles. The highest BCUT2D eigenvalue weighted by atomic mass is 35.5. The Hall–Kier alpha value is -4.19. The van der Waals surface area contributed by atoms with Crippen LogP contribution in [0.1, 0.15) is 20.7 Å². The van der Waals surface area contributed by atoms with Crippen molar-refractivity contribution in [1.29, 1.82) is 0 Å². The Labute approximate surface area is 191 Å². The third-order valence-corrected chi connectivity index (χ3v) is 5.05. The first-order valence-electron chi connectivity index (χ1n) is 9.57. The predicted octanol–water partition coefficient (Wildman–Crippen LogP) is 6.86. The second-order valence-corrected chi connectivity index (χ2v) is 7.47. The van der Waals surface area contributed by atoms with E-state index in [0.717, 1.165) is 21.5 Å². The number of nitrogens with zero attached hydrogens (tertiary/aromatic N) is 3. The van der Waals surface area contributed by atoms with E-state index in [4.69, 9.17) is 24.7 Å². The lowest BCUT2D eigenvalue weighted by Gasteiger charge is -2.11. The number of rotatable bonds is 2. The SMILES string of the molecule is [C-]#[N+]c1cccc2cc(C(=O)Cl)ccc12.[C-]#[N+]c1cccc2cc(C(=O)N(C)C)ccc12. The van der Waals surface area contributed by atoms with Crippen LogP contribution < -0.4 is 0 Å². The van der Waals surface area contributed by atoms with Crippen molar-refractivity contribution >= 4 is 55.7 Å². The summed E-state index contributed by atoms with van der Waals surface area (Å²) in [4.78, 5) is 31.2. The molecule has 0 aliphatic carbocycles. The van der Waals surface area contributed by atoms with Gasteiger partial charge in [0.25, 0.3) is 11.1 Å². The number of hydrogen-bond donors (Lipinski definition) is 0. The van der Waals surface area contributed by atoms with Crippen LogP contribution >= 0.6 is 11.6 Å². The molecule has 5 nitrogen and oxygen atoms in total. The summed E-state index contributed by atoms with van der Waals surface area (Å²) in [6.45, 7) is 14.1. The molecule has 4 aromatic rings. The van der Waals surface area contributed by atoms with E-state index in [-0.39, 0.29) is 5.91 Å². The largest absolute Gasteiger partial charge is 0.345 e. The van der Waals surface area contributed by atoms with E-state index in [2.05, 4.69) is 9.69 Å². The lowest BCUT2D eigenvalue weighted by atomic mass is 10.0. The molecule has 0 N–H and O–H groups in total. The molecule has 0 saturated carbocycles. The van der Waals surface area contributed by atoms with Gasteiger partial charge in [-0.25, -0.2) is 9.69 Å². The molecular formula is C26H18ClN3O2. The Morgan fingerprint density at radius 2 is 1.22 bits per heavy atom. The van der Waals surface area contributed by atoms with Crippen molar-refractivity contribution in [2.24, 2.45) is 0 Å². The molecule has 0 heterocycles. The van der Waals surface area contributed by atoms with Crippen LogP contribution in [0, 0.1) is 13.1 Å². The van der Waals surface area contributed by atoms with E-state index in [9.17, 15) is 9.59 Å². The highest BCUT2D eigenvalue weighted by Gasteiger charge is 2.09. The monoisotopic (exact) mass is 439 g/mol. The maximum Gasteiger partial charge on any atom is 0.253 e. The molecular weight excluding hydrogens is 422 g/mol. The number of carbonyl (C=O) groups excluding carboxylic acids is 2. The Morgan fingerprint density at radius 1 is 0.750 bits per heavy atom. The van der Waals surface area contributed by atoms with Crippen LogP contribution in [-0.4, -0.2) is 30.1 Å². The average Bonchev–Trinajstić information content (AvgIpc) is 2.82. The van der Waals surface area contributed by atoms with Crippen molar-refractivity contribution in [2.45, 2.75) is 0 Å². The highest BCUT2D eigenvalue weighted by molar-refractivity contribution is 6.67. The van der Waals surface area contributed by atoms with Crippen LogP contribution in [0.5, 0.6) is 0 Å². The first kappa shape index (κ1) is 22.5. The third kappa shape index (κ3) is 4.75. The fraction of sp³-hybridized carbons (Fsp3) is 0.0769. The summed E-state index contributed by atoms with van der Waals surface area (Å²) in [5.74, 6) is -0.0277. The molecule has 0 bridgehead atoms. The van der Waals surface area contributed by atoms with E-state index in [1.54, 1.807) is 61.5 Å². The molecule has 0 spiro atoms. The smallest absolute Gasteiger partial charge is 0.253 e. The molecule has 0 saturated heterocycles. The van der Waals surface area contributed by atoms with Gasteiger partial charge in [0.05, 0.1) is 13.1 Å². The lowest BCUT2D eigenvalue weighted by molar-refractivity contribution is 0.0827. The molecule has 1 amide bonds. The van der Waals surface area contributed by atoms with Crippen LogP contribution in [-0.2, 0) is 0 Å². The minimum atomic E-state index is -0.481. The van der Waals surface area contributed by atoms with E-state index >= 15 is 0 Å². The van der Waals surface area contributed by atoms with Crippen molar-refractivity contribution in [1.82, 2.24) is 4.90 Å². The summed E-state index contributed by atoms with van der Waals surface area (Å²) in [5, 5.41) is 3.03. The van der Waals surface area contributed by atoms with Gasteiger partial charge in [0, 0.05) is 25.2 Å². The summed E-state index contributed by atoms with van der Waals surface area (Å²) in [7, 11) is 3.45. The minimum absolute atomic E-state index is 0.0277. The van der Waals surface area contributed by atoms with Crippen LogP contribution in [0.15, 0.2) is 72.8 Å². The van der Waals surface area contributed by atoms with E-state index in [0.29, 0.717) is 22.5 Å². The molecule has 6 heteroatoms.